The molecule has 0 bridgehead atoms. The fraction of sp³-hybridized carbons (Fsp3) is 1.00. The van der Waals surface area contributed by atoms with Crippen molar-refractivity contribution in [3.05, 3.63) is 0 Å². The third kappa shape index (κ3) is 3.08. The van der Waals surface area contributed by atoms with E-state index in [4.69, 9.17) is 9.47 Å². The van der Waals surface area contributed by atoms with E-state index in [9.17, 15) is 5.11 Å². The van der Waals surface area contributed by atoms with E-state index >= 15 is 0 Å². The van der Waals surface area contributed by atoms with E-state index in [1.807, 2.05) is 0 Å². The first-order valence-electron chi connectivity index (χ1n) is 10.7. The first-order valence-corrected chi connectivity index (χ1v) is 10.7. The largest absolute Gasteiger partial charge is 0.372 e. The van der Waals surface area contributed by atoms with E-state index in [0.29, 0.717) is 23.4 Å². The fourth-order valence-electron chi connectivity index (χ4n) is 6.95. The van der Waals surface area contributed by atoms with Crippen LogP contribution in [0.15, 0.2) is 0 Å². The molecule has 3 heteroatoms. The standard InChI is InChI=1S/C22H38O3/c1-14-6-8-18-17-12-16-7-9-19(25-20(2,3)4)21(16,5)13-15(17)10-11-22(18,23)24-14/h14-19,23H,6-13H2,1-5H3/t14-,15-,16+,17-,18+,19+,21+,22+/m1/s1. The summed E-state index contributed by atoms with van der Waals surface area (Å²) in [6, 6.07) is 0. The average molecular weight is 351 g/mol. The summed E-state index contributed by atoms with van der Waals surface area (Å²) in [5.41, 5.74) is 0.270. The third-order valence-electron chi connectivity index (χ3n) is 8.06. The van der Waals surface area contributed by atoms with Gasteiger partial charge >= 0.3 is 0 Å². The Hall–Kier alpha value is -0.120. The summed E-state index contributed by atoms with van der Waals surface area (Å²) < 4.78 is 12.6. The second-order valence-corrected chi connectivity index (χ2v) is 10.9. The Morgan fingerprint density at radius 3 is 2.56 bits per heavy atom. The average Bonchev–Trinajstić information content (AvgIpc) is 2.79. The number of aliphatic hydroxyl groups is 1. The molecule has 25 heavy (non-hydrogen) atoms. The summed E-state index contributed by atoms with van der Waals surface area (Å²) in [6.07, 6.45) is 9.87. The number of fused-ring (bicyclic) bond motifs is 4. The van der Waals surface area contributed by atoms with Crippen LogP contribution in [-0.2, 0) is 9.47 Å². The Balaban J connectivity index is 1.53. The van der Waals surface area contributed by atoms with Crippen molar-refractivity contribution in [1.29, 1.82) is 0 Å². The summed E-state index contributed by atoms with van der Waals surface area (Å²) >= 11 is 0. The molecule has 8 atom stereocenters. The van der Waals surface area contributed by atoms with Gasteiger partial charge < -0.3 is 14.6 Å². The molecule has 144 valence electrons. The van der Waals surface area contributed by atoms with Gasteiger partial charge in [-0.25, -0.2) is 0 Å². The van der Waals surface area contributed by atoms with Crippen LogP contribution in [0.1, 0.15) is 86.0 Å². The highest BCUT2D eigenvalue weighted by atomic mass is 16.6. The maximum Gasteiger partial charge on any atom is 0.168 e. The molecule has 0 radical (unpaired) electrons. The normalized spacial score (nSPS) is 53.0. The smallest absolute Gasteiger partial charge is 0.168 e. The van der Waals surface area contributed by atoms with Crippen molar-refractivity contribution in [3.63, 3.8) is 0 Å². The number of hydrogen-bond donors (Lipinski definition) is 1. The molecule has 4 rings (SSSR count). The van der Waals surface area contributed by atoms with E-state index in [0.717, 1.165) is 37.5 Å². The van der Waals surface area contributed by atoms with Gasteiger partial charge in [-0.3, -0.25) is 0 Å². The quantitative estimate of drug-likeness (QED) is 0.730. The zero-order valence-electron chi connectivity index (χ0n) is 16.9. The van der Waals surface area contributed by atoms with Crippen molar-refractivity contribution < 1.29 is 14.6 Å². The van der Waals surface area contributed by atoms with E-state index < -0.39 is 5.79 Å². The number of rotatable bonds is 1. The highest BCUT2D eigenvalue weighted by Crippen LogP contribution is 2.62. The Kier molecular flexibility index (Phi) is 4.34. The minimum absolute atomic E-state index is 0.0560. The van der Waals surface area contributed by atoms with Gasteiger partial charge in [-0.05, 0) is 95.8 Å². The summed E-state index contributed by atoms with van der Waals surface area (Å²) in [7, 11) is 0. The molecule has 0 aromatic heterocycles. The Labute approximate surface area is 153 Å². The van der Waals surface area contributed by atoms with Gasteiger partial charge in [0.15, 0.2) is 5.79 Å². The summed E-state index contributed by atoms with van der Waals surface area (Å²) in [5, 5.41) is 11.2. The SMILES string of the molecule is C[C@@H]1CC[C@H]2[C@@H]3C[C@@H]4CC[C@H](OC(C)(C)C)[C@@]4(C)C[C@H]3CC[C@]2(O)O1. The van der Waals surface area contributed by atoms with Crippen LogP contribution >= 0.6 is 0 Å². The Morgan fingerprint density at radius 2 is 1.84 bits per heavy atom. The first-order chi connectivity index (χ1) is 11.6. The van der Waals surface area contributed by atoms with Crippen LogP contribution in [0.4, 0.5) is 0 Å². The van der Waals surface area contributed by atoms with Gasteiger partial charge in [0.25, 0.3) is 0 Å². The van der Waals surface area contributed by atoms with Gasteiger partial charge in [-0.15, -0.1) is 0 Å². The lowest BCUT2D eigenvalue weighted by molar-refractivity contribution is -0.315. The predicted molar refractivity (Wildman–Crippen MR) is 99.1 cm³/mol. The molecule has 0 spiro atoms. The van der Waals surface area contributed by atoms with Gasteiger partial charge in [0.2, 0.25) is 0 Å². The molecule has 3 nitrogen and oxygen atoms in total. The minimum atomic E-state index is -0.841. The van der Waals surface area contributed by atoms with Gasteiger partial charge in [-0.2, -0.15) is 0 Å². The van der Waals surface area contributed by atoms with Crippen molar-refractivity contribution >= 4 is 0 Å². The monoisotopic (exact) mass is 350 g/mol. The first kappa shape index (κ1) is 18.3. The van der Waals surface area contributed by atoms with Gasteiger partial charge in [0.05, 0.1) is 17.8 Å². The lowest BCUT2D eigenvalue weighted by atomic mass is 9.53. The summed E-state index contributed by atoms with van der Waals surface area (Å²) in [5.74, 6) is 1.66. The maximum absolute atomic E-state index is 11.2. The van der Waals surface area contributed by atoms with E-state index in [1.54, 1.807) is 0 Å². The van der Waals surface area contributed by atoms with Crippen molar-refractivity contribution in [2.75, 3.05) is 0 Å². The topological polar surface area (TPSA) is 38.7 Å². The predicted octanol–water partition coefficient (Wildman–Crippen LogP) is 4.91. The zero-order valence-corrected chi connectivity index (χ0v) is 16.9. The van der Waals surface area contributed by atoms with Gasteiger partial charge in [0.1, 0.15) is 0 Å². The molecule has 4 aliphatic rings. The van der Waals surface area contributed by atoms with Gasteiger partial charge in [-0.1, -0.05) is 6.92 Å². The molecule has 4 fully saturated rings. The van der Waals surface area contributed by atoms with Crippen LogP contribution < -0.4 is 0 Å². The van der Waals surface area contributed by atoms with Gasteiger partial charge in [0, 0.05) is 12.3 Å². The molecule has 1 saturated heterocycles. The molecule has 0 unspecified atom stereocenters. The highest BCUT2D eigenvalue weighted by molar-refractivity contribution is 5.07. The highest BCUT2D eigenvalue weighted by Gasteiger charge is 2.59. The van der Waals surface area contributed by atoms with Crippen LogP contribution in [-0.4, -0.2) is 28.7 Å². The van der Waals surface area contributed by atoms with Crippen LogP contribution in [0.3, 0.4) is 0 Å². The zero-order chi connectivity index (χ0) is 18.0. The molecule has 0 amide bonds. The number of ether oxygens (including phenoxy) is 2. The second kappa shape index (κ2) is 5.94. The molecule has 1 N–H and O–H groups in total. The van der Waals surface area contributed by atoms with Crippen molar-refractivity contribution in [2.24, 2.45) is 29.1 Å². The van der Waals surface area contributed by atoms with Crippen molar-refractivity contribution in [2.45, 2.75) is 110 Å². The second-order valence-electron chi connectivity index (χ2n) is 10.9. The van der Waals surface area contributed by atoms with E-state index in [1.165, 1.54) is 25.7 Å². The molecule has 3 aliphatic carbocycles. The molecular weight excluding hydrogens is 312 g/mol. The van der Waals surface area contributed by atoms with Crippen LogP contribution in [0.5, 0.6) is 0 Å². The van der Waals surface area contributed by atoms with Crippen LogP contribution in [0, 0.1) is 29.1 Å². The van der Waals surface area contributed by atoms with Crippen LogP contribution in [0.2, 0.25) is 0 Å². The Morgan fingerprint density at radius 1 is 1.08 bits per heavy atom. The van der Waals surface area contributed by atoms with E-state index in [-0.39, 0.29) is 11.7 Å². The maximum atomic E-state index is 11.2. The van der Waals surface area contributed by atoms with Crippen LogP contribution in [0.25, 0.3) is 0 Å². The fourth-order valence-corrected chi connectivity index (χ4v) is 6.95. The third-order valence-corrected chi connectivity index (χ3v) is 8.06. The lowest BCUT2D eigenvalue weighted by Crippen LogP contribution is -2.57. The molecule has 3 saturated carbocycles. The number of hydrogen-bond acceptors (Lipinski definition) is 3. The summed E-state index contributed by atoms with van der Waals surface area (Å²) in [6.45, 7) is 11.2. The van der Waals surface area contributed by atoms with Crippen molar-refractivity contribution in [1.82, 2.24) is 0 Å². The lowest BCUT2D eigenvalue weighted by Gasteiger charge is -2.57. The Bertz CT molecular complexity index is 512. The molecular formula is C22H38O3. The van der Waals surface area contributed by atoms with E-state index in [2.05, 4.69) is 34.6 Å². The molecule has 0 aromatic rings. The minimum Gasteiger partial charge on any atom is -0.372 e. The molecule has 0 aromatic carbocycles. The molecule has 1 aliphatic heterocycles. The summed E-state index contributed by atoms with van der Waals surface area (Å²) in [4.78, 5) is 0. The van der Waals surface area contributed by atoms with Crippen molar-refractivity contribution in [3.8, 4) is 0 Å². The molecule has 1 heterocycles.